The number of benzene rings is 1. The van der Waals surface area contributed by atoms with Gasteiger partial charge < -0.3 is 40.3 Å². The van der Waals surface area contributed by atoms with Crippen LogP contribution in [0.4, 0.5) is 10.5 Å². The highest BCUT2D eigenvalue weighted by atomic mass is 16.6. The molecule has 0 aliphatic carbocycles. The molecule has 3 amide bonds. The van der Waals surface area contributed by atoms with Crippen molar-refractivity contribution >= 4 is 35.6 Å². The van der Waals surface area contributed by atoms with Gasteiger partial charge in [0.1, 0.15) is 29.5 Å². The third-order valence-electron chi connectivity index (χ3n) is 6.10. The molecule has 3 rings (SSSR count). The van der Waals surface area contributed by atoms with E-state index >= 15 is 0 Å². The third kappa shape index (κ3) is 9.81. The molecule has 42 heavy (non-hydrogen) atoms. The van der Waals surface area contributed by atoms with Crippen LogP contribution in [0.2, 0.25) is 0 Å². The number of anilines is 1. The van der Waals surface area contributed by atoms with Gasteiger partial charge in [0.25, 0.3) is 0 Å². The highest BCUT2D eigenvalue weighted by Crippen LogP contribution is 2.36. The highest BCUT2D eigenvalue weighted by Gasteiger charge is 2.33. The Hall–Kier alpha value is -4.03. The monoisotopic (exact) mass is 585 g/mol. The zero-order chi connectivity index (χ0) is 31.7. The number of nitrogens with one attached hydrogen (secondary N) is 4. The number of aromatic nitrogens is 1. The number of fused-ring (bicyclic) bond motifs is 1. The minimum atomic E-state index is -0.696. The van der Waals surface area contributed by atoms with Gasteiger partial charge in [0, 0.05) is 19.2 Å². The number of aliphatic hydroxyl groups is 1. The first kappa shape index (κ1) is 34.2. The van der Waals surface area contributed by atoms with Crippen molar-refractivity contribution in [2.45, 2.75) is 78.6 Å². The molecule has 0 saturated heterocycles. The molecule has 12 nitrogen and oxygen atoms in total. The van der Waals surface area contributed by atoms with E-state index in [9.17, 15) is 24.3 Å². The Morgan fingerprint density at radius 3 is 2.38 bits per heavy atom. The largest absolute Gasteiger partial charge is 0.444 e. The van der Waals surface area contributed by atoms with E-state index in [0.717, 1.165) is 17.4 Å². The molecule has 0 spiro atoms. The smallest absolute Gasteiger partial charge is 0.407 e. The number of hydrogen-bond donors (Lipinski definition) is 5. The van der Waals surface area contributed by atoms with Crippen LogP contribution in [0.15, 0.2) is 35.0 Å². The molecule has 1 aromatic carbocycles. The van der Waals surface area contributed by atoms with Gasteiger partial charge in [0.05, 0.1) is 18.6 Å². The van der Waals surface area contributed by atoms with Gasteiger partial charge >= 0.3 is 6.09 Å². The number of hydrogen-bond acceptors (Lipinski definition) is 9. The second kappa shape index (κ2) is 14.7. The Kier molecular flexibility index (Phi) is 12.0. The fourth-order valence-electron chi connectivity index (χ4n) is 4.21. The second-order valence-electron chi connectivity index (χ2n) is 11.8. The number of aldehydes is 1. The zero-order valence-corrected chi connectivity index (χ0v) is 25.6. The summed E-state index contributed by atoms with van der Waals surface area (Å²) in [5, 5.41) is 20.5. The molecular formula is C30H43N5O7. The summed E-state index contributed by atoms with van der Waals surface area (Å²) in [4.78, 5) is 51.3. The van der Waals surface area contributed by atoms with Crippen LogP contribution < -0.4 is 21.3 Å². The van der Waals surface area contributed by atoms with Crippen LogP contribution >= 0.6 is 0 Å². The molecule has 2 unspecified atom stereocenters. The van der Waals surface area contributed by atoms with E-state index in [1.54, 1.807) is 13.1 Å². The van der Waals surface area contributed by atoms with Gasteiger partial charge in [-0.15, -0.1) is 0 Å². The minimum Gasteiger partial charge on any atom is -0.444 e. The Labute approximate surface area is 246 Å². The summed E-state index contributed by atoms with van der Waals surface area (Å²) >= 11 is 0. The van der Waals surface area contributed by atoms with Gasteiger partial charge in [-0.1, -0.05) is 32.9 Å². The van der Waals surface area contributed by atoms with E-state index in [0.29, 0.717) is 24.2 Å². The van der Waals surface area contributed by atoms with E-state index in [4.69, 9.17) is 9.15 Å². The molecule has 0 bridgehead atoms. The molecular weight excluding hydrogens is 542 g/mol. The number of aliphatic hydroxyl groups excluding tert-OH is 1. The summed E-state index contributed by atoms with van der Waals surface area (Å²) in [7, 11) is 3.24. The summed E-state index contributed by atoms with van der Waals surface area (Å²) in [5.41, 5.74) is 2.12. The SMILES string of the molecule is CNC(=O)OC(C)(C)C.CNC(C(=O)NC(=CC1C(=O)Nc2ccc(CCC=O)cc21)c1nc(CO)co1)C(C)(C)C. The first-order valence-corrected chi connectivity index (χ1v) is 13.7. The topological polar surface area (TPSA) is 172 Å². The number of ether oxygens (including phenoxy) is 1. The number of alkyl carbamates (subject to hydrolysis) is 1. The molecule has 0 fully saturated rings. The maximum Gasteiger partial charge on any atom is 0.407 e. The van der Waals surface area contributed by atoms with Crippen LogP contribution in [0.3, 0.4) is 0 Å². The average molecular weight is 586 g/mol. The molecule has 1 aliphatic rings. The zero-order valence-electron chi connectivity index (χ0n) is 25.6. The van der Waals surface area contributed by atoms with Gasteiger partial charge in [-0.3, -0.25) is 9.59 Å². The van der Waals surface area contributed by atoms with Crippen molar-refractivity contribution in [3.8, 4) is 0 Å². The van der Waals surface area contributed by atoms with Crippen LogP contribution in [0.1, 0.15) is 76.6 Å². The van der Waals surface area contributed by atoms with Gasteiger partial charge in [-0.2, -0.15) is 0 Å². The molecule has 2 aromatic rings. The molecule has 0 radical (unpaired) electrons. The van der Waals surface area contributed by atoms with Crippen molar-refractivity contribution in [3.05, 3.63) is 53.2 Å². The number of aryl methyl sites for hydroxylation is 1. The maximum absolute atomic E-state index is 13.1. The van der Waals surface area contributed by atoms with E-state index < -0.39 is 12.0 Å². The number of nitrogens with zero attached hydrogens (tertiary/aromatic N) is 1. The van der Waals surface area contributed by atoms with Crippen molar-refractivity contribution in [1.82, 2.24) is 20.9 Å². The van der Waals surface area contributed by atoms with Gasteiger partial charge in [-0.25, -0.2) is 9.78 Å². The van der Waals surface area contributed by atoms with Crippen LogP contribution in [0.25, 0.3) is 5.70 Å². The lowest BCUT2D eigenvalue weighted by molar-refractivity contribution is -0.124. The lowest BCUT2D eigenvalue weighted by atomic mass is 9.86. The normalized spacial score (nSPS) is 15.5. The van der Waals surface area contributed by atoms with E-state index in [-0.39, 0.29) is 47.1 Å². The third-order valence-corrected chi connectivity index (χ3v) is 6.10. The summed E-state index contributed by atoms with van der Waals surface area (Å²) in [5.74, 6) is -1.16. The van der Waals surface area contributed by atoms with Crippen molar-refractivity contribution in [3.63, 3.8) is 0 Å². The molecule has 0 saturated carbocycles. The van der Waals surface area contributed by atoms with Crippen LogP contribution in [-0.2, 0) is 32.1 Å². The van der Waals surface area contributed by atoms with Gasteiger partial charge in [0.15, 0.2) is 0 Å². The van der Waals surface area contributed by atoms with Crippen LogP contribution in [0.5, 0.6) is 0 Å². The standard InChI is InChI=1S/C24H30N4O5.C6H13NO2/c1-24(2,3)20(25-4)22(32)28-19(23-26-15(12-30)13-33-23)11-17-16-10-14(6-5-9-29)7-8-18(16)27-21(17)31;1-6(2,3)9-5(8)7-4/h7-11,13,17,20,25,30H,5-6,12H2,1-4H3,(H,27,31)(H,28,32);1-4H3,(H,7,8). The van der Waals surface area contributed by atoms with Gasteiger partial charge in [0.2, 0.25) is 17.7 Å². The second-order valence-corrected chi connectivity index (χ2v) is 11.8. The molecule has 1 aromatic heterocycles. The molecule has 5 N–H and O–H groups in total. The highest BCUT2D eigenvalue weighted by molar-refractivity contribution is 6.05. The molecule has 230 valence electrons. The van der Waals surface area contributed by atoms with Gasteiger partial charge in [-0.05, 0) is 62.9 Å². The average Bonchev–Trinajstić information content (AvgIpc) is 3.50. The Balaban J connectivity index is 0.000000592. The van der Waals surface area contributed by atoms with Crippen molar-refractivity contribution in [2.24, 2.45) is 5.41 Å². The van der Waals surface area contributed by atoms with Crippen LogP contribution in [-0.4, -0.2) is 60.0 Å². The maximum atomic E-state index is 13.1. The summed E-state index contributed by atoms with van der Waals surface area (Å²) in [6.45, 7) is 11.0. The Morgan fingerprint density at radius 1 is 1.19 bits per heavy atom. The fourth-order valence-corrected chi connectivity index (χ4v) is 4.21. The van der Waals surface area contributed by atoms with E-state index in [1.807, 2.05) is 59.7 Å². The number of carbonyl (C=O) groups excluding carboxylic acids is 4. The lowest BCUT2D eigenvalue weighted by Crippen LogP contribution is -2.49. The minimum absolute atomic E-state index is 0.0921. The number of oxazole rings is 1. The quantitative estimate of drug-likeness (QED) is 0.277. The number of rotatable bonds is 9. The van der Waals surface area contributed by atoms with E-state index in [2.05, 4.69) is 26.3 Å². The predicted molar refractivity (Wildman–Crippen MR) is 158 cm³/mol. The van der Waals surface area contributed by atoms with Crippen LogP contribution in [0, 0.1) is 5.41 Å². The summed E-state index contributed by atoms with van der Waals surface area (Å²) in [6.07, 6.45) is 4.33. The first-order chi connectivity index (χ1) is 19.6. The lowest BCUT2D eigenvalue weighted by Gasteiger charge is -2.29. The fraction of sp³-hybridized carbons (Fsp3) is 0.500. The van der Waals surface area contributed by atoms with Crippen molar-refractivity contribution in [1.29, 1.82) is 0 Å². The van der Waals surface area contributed by atoms with Crippen molar-refractivity contribution < 1.29 is 33.4 Å². The summed E-state index contributed by atoms with van der Waals surface area (Å²) < 4.78 is 10.3. The number of likely N-dealkylation sites (N-methyl/N-ethyl adjacent to an activating group) is 1. The predicted octanol–water partition coefficient (Wildman–Crippen LogP) is 3.27. The summed E-state index contributed by atoms with van der Waals surface area (Å²) in [6, 6.07) is 5.05. The number of amides is 3. The Bertz CT molecular complexity index is 1290. The molecule has 1 aliphatic heterocycles. The van der Waals surface area contributed by atoms with E-state index in [1.165, 1.54) is 13.3 Å². The first-order valence-electron chi connectivity index (χ1n) is 13.7. The number of carbonyl (C=O) groups is 4. The molecule has 2 heterocycles. The molecule has 2 atom stereocenters. The van der Waals surface area contributed by atoms with Crippen molar-refractivity contribution in [2.75, 3.05) is 19.4 Å². The molecule has 12 heteroatoms. The Morgan fingerprint density at radius 2 is 1.88 bits per heavy atom.